The number of esters is 1. The quantitative estimate of drug-likeness (QED) is 0.778. The number of ether oxygens (including phenoxy) is 2. The number of carbonyl (C=O) groups is 2. The number of methoxy groups -OCH3 is 1. The molecule has 0 saturated carbocycles. The molecule has 0 radical (unpaired) electrons. The molecule has 1 heterocycles. The molecule has 6 nitrogen and oxygen atoms in total. The number of hydrogen-bond donors (Lipinski definition) is 0. The van der Waals surface area contributed by atoms with Crippen molar-refractivity contribution < 1.29 is 19.1 Å². The Balaban J connectivity index is 2.14. The minimum absolute atomic E-state index is 0.0121. The fraction of sp³-hybridized carbons (Fsp3) is 0.400. The monoisotopic (exact) mass is 290 g/mol. The average Bonchev–Trinajstić information content (AvgIpc) is 2.76. The van der Waals surface area contributed by atoms with E-state index in [2.05, 4.69) is 9.84 Å². The van der Waals surface area contributed by atoms with Gasteiger partial charge in [-0.05, 0) is 38.1 Å². The molecule has 0 bridgehead atoms. The van der Waals surface area contributed by atoms with Crippen molar-refractivity contribution in [2.45, 2.75) is 20.3 Å². The summed E-state index contributed by atoms with van der Waals surface area (Å²) in [5.41, 5.74) is 1.26. The molecule has 1 aliphatic heterocycles. The highest BCUT2D eigenvalue weighted by molar-refractivity contribution is 6.16. The Morgan fingerprint density at radius 1 is 1.33 bits per heavy atom. The van der Waals surface area contributed by atoms with Gasteiger partial charge in [-0.2, -0.15) is 5.10 Å². The van der Waals surface area contributed by atoms with Gasteiger partial charge in [0, 0.05) is 5.71 Å². The topological polar surface area (TPSA) is 68.2 Å². The Hall–Kier alpha value is -2.37. The predicted octanol–water partition coefficient (Wildman–Crippen LogP) is 1.99. The van der Waals surface area contributed by atoms with Crippen LogP contribution in [0.15, 0.2) is 29.4 Å². The number of benzene rings is 1. The summed E-state index contributed by atoms with van der Waals surface area (Å²) in [6.45, 7) is 4.23. The summed E-state index contributed by atoms with van der Waals surface area (Å²) in [6.07, 6.45) is 0.0121. The van der Waals surface area contributed by atoms with Crippen molar-refractivity contribution in [1.82, 2.24) is 0 Å². The first kappa shape index (κ1) is 15.0. The van der Waals surface area contributed by atoms with Crippen LogP contribution in [-0.4, -0.2) is 31.3 Å². The number of nitrogens with zero attached hydrogens (tertiary/aromatic N) is 2. The van der Waals surface area contributed by atoms with Crippen LogP contribution < -0.4 is 9.75 Å². The molecule has 0 spiro atoms. The van der Waals surface area contributed by atoms with Crippen LogP contribution in [0, 0.1) is 5.92 Å². The third-order valence-corrected chi connectivity index (χ3v) is 3.26. The van der Waals surface area contributed by atoms with Crippen molar-refractivity contribution in [3.05, 3.63) is 24.3 Å². The second-order valence-electron chi connectivity index (χ2n) is 4.65. The maximum Gasteiger partial charge on any atom is 0.306 e. The number of carbonyl (C=O) groups excluding carboxylic acids is 2. The van der Waals surface area contributed by atoms with Gasteiger partial charge < -0.3 is 9.47 Å². The number of rotatable bonds is 5. The molecule has 112 valence electrons. The molecule has 0 N–H and O–H groups in total. The van der Waals surface area contributed by atoms with E-state index < -0.39 is 11.9 Å². The van der Waals surface area contributed by atoms with Gasteiger partial charge in [-0.15, -0.1) is 0 Å². The zero-order chi connectivity index (χ0) is 15.4. The first-order valence-electron chi connectivity index (χ1n) is 6.75. The Labute approximate surface area is 123 Å². The van der Waals surface area contributed by atoms with Gasteiger partial charge in [-0.3, -0.25) is 9.59 Å². The maximum absolute atomic E-state index is 12.4. The lowest BCUT2D eigenvalue weighted by molar-refractivity contribution is -0.142. The molecule has 0 saturated heterocycles. The summed E-state index contributed by atoms with van der Waals surface area (Å²) in [5, 5.41) is 5.55. The number of hydrogen-bond acceptors (Lipinski definition) is 5. The molecule has 0 aliphatic carbocycles. The molecule has 21 heavy (non-hydrogen) atoms. The number of anilines is 1. The first-order chi connectivity index (χ1) is 10.1. The van der Waals surface area contributed by atoms with Crippen LogP contribution in [0.3, 0.4) is 0 Å². The fourth-order valence-electron chi connectivity index (χ4n) is 2.12. The summed E-state index contributed by atoms with van der Waals surface area (Å²) in [7, 11) is 1.30. The van der Waals surface area contributed by atoms with Crippen molar-refractivity contribution in [2.24, 2.45) is 11.0 Å². The Bertz CT molecular complexity index is 566. The van der Waals surface area contributed by atoms with E-state index in [0.29, 0.717) is 18.0 Å². The predicted molar refractivity (Wildman–Crippen MR) is 78.3 cm³/mol. The van der Waals surface area contributed by atoms with Gasteiger partial charge >= 0.3 is 5.97 Å². The largest absolute Gasteiger partial charge is 0.494 e. The van der Waals surface area contributed by atoms with E-state index in [1.807, 2.05) is 6.92 Å². The Kier molecular flexibility index (Phi) is 4.57. The van der Waals surface area contributed by atoms with E-state index in [-0.39, 0.29) is 12.3 Å². The molecule has 2 rings (SSSR count). The van der Waals surface area contributed by atoms with Crippen LogP contribution in [0.4, 0.5) is 5.69 Å². The van der Waals surface area contributed by atoms with E-state index in [9.17, 15) is 9.59 Å². The minimum Gasteiger partial charge on any atom is -0.494 e. The summed E-state index contributed by atoms with van der Waals surface area (Å²) in [6, 6.07) is 7.09. The summed E-state index contributed by atoms with van der Waals surface area (Å²) in [4.78, 5) is 23.7. The van der Waals surface area contributed by atoms with Gasteiger partial charge in [0.1, 0.15) is 5.75 Å². The number of amides is 1. The lowest BCUT2D eigenvalue weighted by Gasteiger charge is -2.14. The zero-order valence-corrected chi connectivity index (χ0v) is 12.3. The Morgan fingerprint density at radius 3 is 2.57 bits per heavy atom. The lowest BCUT2D eigenvalue weighted by atomic mass is 10.0. The van der Waals surface area contributed by atoms with E-state index in [0.717, 1.165) is 5.75 Å². The van der Waals surface area contributed by atoms with Crippen LogP contribution in [0.25, 0.3) is 0 Å². The van der Waals surface area contributed by atoms with Crippen LogP contribution in [-0.2, 0) is 14.3 Å². The van der Waals surface area contributed by atoms with E-state index >= 15 is 0 Å². The highest BCUT2D eigenvalue weighted by atomic mass is 16.5. The van der Waals surface area contributed by atoms with Crippen molar-refractivity contribution in [3.63, 3.8) is 0 Å². The van der Waals surface area contributed by atoms with Crippen LogP contribution in [0.5, 0.6) is 5.75 Å². The van der Waals surface area contributed by atoms with Gasteiger partial charge in [0.15, 0.2) is 0 Å². The third kappa shape index (κ3) is 3.21. The van der Waals surface area contributed by atoms with Crippen molar-refractivity contribution in [1.29, 1.82) is 0 Å². The maximum atomic E-state index is 12.4. The standard InChI is InChI=1S/C15H18N2O4/c1-4-21-12-7-5-11(6-8-12)17-15(19)13(10(2)16-17)9-14(18)20-3/h5-8,13H,4,9H2,1-3H3. The molecule has 1 atom stereocenters. The molecule has 1 amide bonds. The van der Waals surface area contributed by atoms with Crippen LogP contribution in [0.1, 0.15) is 20.3 Å². The molecule has 0 fully saturated rings. The zero-order valence-electron chi connectivity index (χ0n) is 12.3. The molecular formula is C15H18N2O4. The number of hydrazone groups is 1. The van der Waals surface area contributed by atoms with E-state index in [1.54, 1.807) is 31.2 Å². The van der Waals surface area contributed by atoms with E-state index in [1.165, 1.54) is 12.1 Å². The first-order valence-corrected chi connectivity index (χ1v) is 6.75. The fourth-order valence-corrected chi connectivity index (χ4v) is 2.12. The van der Waals surface area contributed by atoms with Gasteiger partial charge in [0.2, 0.25) is 0 Å². The molecule has 1 unspecified atom stereocenters. The van der Waals surface area contributed by atoms with Gasteiger partial charge in [-0.1, -0.05) is 0 Å². The average molecular weight is 290 g/mol. The van der Waals surface area contributed by atoms with E-state index in [4.69, 9.17) is 4.74 Å². The second-order valence-corrected chi connectivity index (χ2v) is 4.65. The summed E-state index contributed by atoms with van der Waals surface area (Å²) in [5.74, 6) is -0.456. The second kappa shape index (κ2) is 6.39. The molecular weight excluding hydrogens is 272 g/mol. The smallest absolute Gasteiger partial charge is 0.306 e. The van der Waals surface area contributed by atoms with Gasteiger partial charge in [-0.25, -0.2) is 5.01 Å². The molecule has 0 aromatic heterocycles. The van der Waals surface area contributed by atoms with Crippen molar-refractivity contribution in [3.8, 4) is 5.75 Å². The van der Waals surface area contributed by atoms with Crippen LogP contribution >= 0.6 is 0 Å². The summed E-state index contributed by atoms with van der Waals surface area (Å²) >= 11 is 0. The molecule has 1 aromatic carbocycles. The highest BCUT2D eigenvalue weighted by Crippen LogP contribution is 2.27. The SMILES string of the molecule is CCOc1ccc(N2N=C(C)C(CC(=O)OC)C2=O)cc1. The Morgan fingerprint density at radius 2 is 2.00 bits per heavy atom. The van der Waals surface area contributed by atoms with Gasteiger partial charge in [0.05, 0.1) is 31.7 Å². The molecule has 1 aliphatic rings. The molecule has 6 heteroatoms. The minimum atomic E-state index is -0.552. The van der Waals surface area contributed by atoms with Gasteiger partial charge in [0.25, 0.3) is 5.91 Å². The van der Waals surface area contributed by atoms with Crippen LogP contribution in [0.2, 0.25) is 0 Å². The third-order valence-electron chi connectivity index (χ3n) is 3.26. The molecule has 1 aromatic rings. The van der Waals surface area contributed by atoms with Crippen molar-refractivity contribution >= 4 is 23.3 Å². The summed E-state index contributed by atoms with van der Waals surface area (Å²) < 4.78 is 9.97. The highest BCUT2D eigenvalue weighted by Gasteiger charge is 2.36. The normalized spacial score (nSPS) is 17.7. The van der Waals surface area contributed by atoms with Crippen molar-refractivity contribution in [2.75, 3.05) is 18.7 Å². The lowest BCUT2D eigenvalue weighted by Crippen LogP contribution is -2.29.